The maximum Gasteiger partial charge on any atom is 0.263 e. The molecule has 12 nitrogen and oxygen atoms in total. The van der Waals surface area contributed by atoms with Crippen LogP contribution in [0.5, 0.6) is 17.2 Å². The Balaban J connectivity index is 1.32. The number of benzene rings is 2. The largest absolute Gasteiger partial charge is 0.494 e. The summed E-state index contributed by atoms with van der Waals surface area (Å²) >= 11 is 0. The molecule has 3 heterocycles. The fourth-order valence-corrected chi connectivity index (χ4v) is 4.02. The average Bonchev–Trinajstić information content (AvgIpc) is 3.57. The van der Waals surface area contributed by atoms with E-state index in [1.807, 2.05) is 6.92 Å². The van der Waals surface area contributed by atoms with Crippen LogP contribution in [-0.4, -0.2) is 59.9 Å². The Bertz CT molecular complexity index is 1290. The molecule has 1 saturated heterocycles. The number of methoxy groups -OCH3 is 2. The van der Waals surface area contributed by atoms with Crippen molar-refractivity contribution >= 4 is 17.5 Å². The van der Waals surface area contributed by atoms with E-state index in [4.69, 9.17) is 18.7 Å². The van der Waals surface area contributed by atoms with Crippen LogP contribution in [0.25, 0.3) is 11.4 Å². The van der Waals surface area contributed by atoms with E-state index in [-0.39, 0.29) is 12.4 Å². The number of imide groups is 1. The van der Waals surface area contributed by atoms with Gasteiger partial charge in [-0.2, -0.15) is 10.1 Å². The van der Waals surface area contributed by atoms with E-state index in [1.54, 1.807) is 49.6 Å². The van der Waals surface area contributed by atoms with Gasteiger partial charge in [0.25, 0.3) is 11.8 Å². The summed E-state index contributed by atoms with van der Waals surface area (Å²) in [5.41, 5.74) is 1.11. The molecule has 12 heteroatoms. The topological polar surface area (TPSA) is 132 Å². The maximum atomic E-state index is 13.2. The third-order valence-electron chi connectivity index (χ3n) is 5.67. The molecular formula is C23H22N6O6. The van der Waals surface area contributed by atoms with Gasteiger partial charge < -0.3 is 18.7 Å². The second-order valence-electron chi connectivity index (χ2n) is 7.71. The standard InChI is InChI=1S/C23H22N6O6/c1-4-34-15-8-6-14(7-9-15)29-22(30)19-20(23(29)31)28(27-25-19)12-18-24-21(26-35-18)13-5-10-16(32-2)17(11-13)33-3/h5-11,19-20H,4,12H2,1-3H3/t19-,20-/m0/s1. The molecule has 1 fully saturated rings. The van der Waals surface area contributed by atoms with Crippen molar-refractivity contribution in [3.05, 3.63) is 48.4 Å². The number of anilines is 1. The number of ether oxygens (including phenoxy) is 3. The zero-order chi connectivity index (χ0) is 24.5. The van der Waals surface area contributed by atoms with Crippen molar-refractivity contribution in [1.29, 1.82) is 0 Å². The Kier molecular flexibility index (Phi) is 5.77. The third-order valence-corrected chi connectivity index (χ3v) is 5.67. The Labute approximate surface area is 200 Å². The molecule has 0 aliphatic carbocycles. The van der Waals surface area contributed by atoms with Crippen LogP contribution >= 0.6 is 0 Å². The molecule has 5 rings (SSSR count). The molecule has 0 saturated carbocycles. The molecule has 2 atom stereocenters. The Morgan fingerprint density at radius 2 is 1.77 bits per heavy atom. The predicted molar refractivity (Wildman–Crippen MR) is 121 cm³/mol. The van der Waals surface area contributed by atoms with Gasteiger partial charge in [0.1, 0.15) is 12.3 Å². The van der Waals surface area contributed by atoms with Crippen molar-refractivity contribution in [3.63, 3.8) is 0 Å². The van der Waals surface area contributed by atoms with E-state index < -0.39 is 23.9 Å². The molecule has 0 unspecified atom stereocenters. The van der Waals surface area contributed by atoms with Gasteiger partial charge in [-0.3, -0.25) is 14.6 Å². The zero-order valence-corrected chi connectivity index (χ0v) is 19.2. The fourth-order valence-electron chi connectivity index (χ4n) is 4.02. The molecule has 2 aromatic carbocycles. The van der Waals surface area contributed by atoms with Gasteiger partial charge in [-0.15, -0.1) is 0 Å². The lowest BCUT2D eigenvalue weighted by molar-refractivity contribution is -0.123. The van der Waals surface area contributed by atoms with E-state index in [2.05, 4.69) is 20.5 Å². The van der Waals surface area contributed by atoms with Crippen molar-refractivity contribution in [2.24, 2.45) is 10.3 Å². The van der Waals surface area contributed by atoms with Gasteiger partial charge in [0.2, 0.25) is 11.7 Å². The lowest BCUT2D eigenvalue weighted by atomic mass is 10.1. The number of hydrogen-bond acceptors (Lipinski definition) is 11. The number of rotatable bonds is 8. The Morgan fingerprint density at radius 3 is 2.49 bits per heavy atom. The van der Waals surface area contributed by atoms with Gasteiger partial charge >= 0.3 is 0 Å². The summed E-state index contributed by atoms with van der Waals surface area (Å²) in [6.07, 6.45) is 0. The molecule has 0 N–H and O–H groups in total. The summed E-state index contributed by atoms with van der Waals surface area (Å²) < 4.78 is 21.4. The molecular weight excluding hydrogens is 456 g/mol. The zero-order valence-electron chi connectivity index (χ0n) is 19.2. The van der Waals surface area contributed by atoms with E-state index in [9.17, 15) is 9.59 Å². The highest BCUT2D eigenvalue weighted by atomic mass is 16.5. The molecule has 3 aromatic rings. The van der Waals surface area contributed by atoms with E-state index >= 15 is 0 Å². The first kappa shape index (κ1) is 22.3. The van der Waals surface area contributed by atoms with E-state index in [1.165, 1.54) is 12.1 Å². The molecule has 2 aliphatic heterocycles. The number of aromatic nitrogens is 2. The molecule has 0 bridgehead atoms. The number of nitrogens with zero attached hydrogens (tertiary/aromatic N) is 6. The highest BCUT2D eigenvalue weighted by Crippen LogP contribution is 2.34. The van der Waals surface area contributed by atoms with Crippen LogP contribution in [0.4, 0.5) is 5.69 Å². The summed E-state index contributed by atoms with van der Waals surface area (Å²) in [6, 6.07) is 10.2. The molecule has 0 radical (unpaired) electrons. The predicted octanol–water partition coefficient (Wildman–Crippen LogP) is 2.65. The molecule has 1 aromatic heterocycles. The van der Waals surface area contributed by atoms with E-state index in [0.29, 0.717) is 40.9 Å². The van der Waals surface area contributed by atoms with Crippen molar-refractivity contribution in [2.45, 2.75) is 25.6 Å². The van der Waals surface area contributed by atoms with Gasteiger partial charge in [0.05, 0.1) is 26.5 Å². The first-order chi connectivity index (χ1) is 17.0. The number of amides is 2. The summed E-state index contributed by atoms with van der Waals surface area (Å²) in [6.45, 7) is 2.41. The third kappa shape index (κ3) is 3.92. The Hall–Kier alpha value is -4.48. The molecule has 2 aliphatic rings. The minimum atomic E-state index is -0.928. The molecule has 2 amide bonds. The summed E-state index contributed by atoms with van der Waals surface area (Å²) in [4.78, 5) is 31.6. The fraction of sp³-hybridized carbons (Fsp3) is 0.304. The SMILES string of the molecule is CCOc1ccc(N2C(=O)[C@H]3N=NN(Cc4nc(-c5ccc(OC)c(OC)c5)no4)[C@@H]3C2=O)cc1. The van der Waals surface area contributed by atoms with Gasteiger partial charge in [0.15, 0.2) is 23.6 Å². The second kappa shape index (κ2) is 9.05. The minimum Gasteiger partial charge on any atom is -0.494 e. The number of hydrogen-bond donors (Lipinski definition) is 0. The molecule has 35 heavy (non-hydrogen) atoms. The van der Waals surface area contributed by atoms with Gasteiger partial charge in [-0.05, 0) is 49.4 Å². The minimum absolute atomic E-state index is 0.0150. The number of carbonyl (C=O) groups excluding carboxylic acids is 2. The van der Waals surface area contributed by atoms with Crippen LogP contribution in [0.15, 0.2) is 57.3 Å². The van der Waals surface area contributed by atoms with Crippen molar-refractivity contribution in [2.75, 3.05) is 25.7 Å². The normalized spacial score (nSPS) is 18.8. The van der Waals surface area contributed by atoms with Crippen molar-refractivity contribution < 1.29 is 28.3 Å². The van der Waals surface area contributed by atoms with E-state index in [0.717, 1.165) is 4.90 Å². The van der Waals surface area contributed by atoms with Crippen LogP contribution in [0.3, 0.4) is 0 Å². The Morgan fingerprint density at radius 1 is 1.00 bits per heavy atom. The number of fused-ring (bicyclic) bond motifs is 1. The smallest absolute Gasteiger partial charge is 0.263 e. The van der Waals surface area contributed by atoms with Crippen LogP contribution < -0.4 is 19.1 Å². The summed E-state index contributed by atoms with van der Waals surface area (Å²) in [7, 11) is 3.09. The van der Waals surface area contributed by atoms with Gasteiger partial charge in [-0.25, -0.2) is 4.90 Å². The van der Waals surface area contributed by atoms with Crippen LogP contribution in [-0.2, 0) is 16.1 Å². The second-order valence-corrected chi connectivity index (χ2v) is 7.71. The van der Waals surface area contributed by atoms with Gasteiger partial charge in [0, 0.05) is 5.56 Å². The first-order valence-corrected chi connectivity index (χ1v) is 10.9. The first-order valence-electron chi connectivity index (χ1n) is 10.9. The molecule has 180 valence electrons. The van der Waals surface area contributed by atoms with Crippen molar-refractivity contribution in [3.8, 4) is 28.6 Å². The number of carbonyl (C=O) groups is 2. The van der Waals surface area contributed by atoms with Crippen LogP contribution in [0.1, 0.15) is 12.8 Å². The van der Waals surface area contributed by atoms with Crippen LogP contribution in [0.2, 0.25) is 0 Å². The lowest BCUT2D eigenvalue weighted by Gasteiger charge is -2.19. The maximum absolute atomic E-state index is 13.2. The summed E-state index contributed by atoms with van der Waals surface area (Å²) in [5, 5.41) is 13.5. The monoisotopic (exact) mass is 478 g/mol. The molecule has 0 spiro atoms. The van der Waals surface area contributed by atoms with Gasteiger partial charge in [-0.1, -0.05) is 10.4 Å². The average molecular weight is 478 g/mol. The summed E-state index contributed by atoms with van der Waals surface area (Å²) in [5.74, 6) is 1.44. The highest BCUT2D eigenvalue weighted by molar-refractivity contribution is 6.25. The van der Waals surface area contributed by atoms with Crippen molar-refractivity contribution in [1.82, 2.24) is 15.1 Å². The quantitative estimate of drug-likeness (QED) is 0.448. The highest BCUT2D eigenvalue weighted by Gasteiger charge is 2.55. The van der Waals surface area contributed by atoms with Crippen LogP contribution in [0, 0.1) is 0 Å². The lowest BCUT2D eigenvalue weighted by Crippen LogP contribution is -2.39.